The van der Waals surface area contributed by atoms with Gasteiger partial charge in [0.15, 0.2) is 0 Å². The van der Waals surface area contributed by atoms with Crippen LogP contribution in [0.5, 0.6) is 0 Å². The first-order chi connectivity index (χ1) is 19.8. The molecule has 2 fully saturated rings. The number of benzene rings is 2. The monoisotopic (exact) mass is 579 g/mol. The van der Waals surface area contributed by atoms with E-state index in [-0.39, 0.29) is 36.2 Å². The van der Waals surface area contributed by atoms with Crippen LogP contribution in [0.2, 0.25) is 0 Å². The predicted octanol–water partition coefficient (Wildman–Crippen LogP) is 3.06. The van der Waals surface area contributed by atoms with Crippen molar-refractivity contribution in [2.45, 2.75) is 68.6 Å². The number of carboxylic acid groups (broad SMARTS) is 1. The largest absolute Gasteiger partial charge is 0.480 e. The Balaban J connectivity index is 1.23. The maximum Gasteiger partial charge on any atom is 0.327 e. The highest BCUT2D eigenvalue weighted by atomic mass is 32.2. The Hall–Kier alpha value is -3.70. The molecule has 0 saturated carbocycles. The molecule has 2 aromatic carbocycles. The van der Waals surface area contributed by atoms with Gasteiger partial charge in [0.2, 0.25) is 5.91 Å². The molecule has 0 spiro atoms. The van der Waals surface area contributed by atoms with Gasteiger partial charge in [0.25, 0.3) is 11.8 Å². The number of thioether (sulfide) groups is 1. The fraction of sp³-hybridized carbons (Fsp3) is 0.433. The second-order valence-electron chi connectivity index (χ2n) is 10.5. The van der Waals surface area contributed by atoms with E-state index in [1.807, 2.05) is 30.3 Å². The van der Waals surface area contributed by atoms with Crippen LogP contribution >= 0.6 is 11.8 Å². The Labute approximate surface area is 242 Å². The lowest BCUT2D eigenvalue weighted by atomic mass is 10.0. The molecule has 10 nitrogen and oxygen atoms in total. The summed E-state index contributed by atoms with van der Waals surface area (Å²) in [4.78, 5) is 66.7. The van der Waals surface area contributed by atoms with Crippen LogP contribution < -0.4 is 5.32 Å². The van der Waals surface area contributed by atoms with Crippen molar-refractivity contribution in [3.8, 4) is 0 Å². The quantitative estimate of drug-likeness (QED) is 0.234. The molecule has 2 saturated heterocycles. The first-order valence-electron chi connectivity index (χ1n) is 13.9. The Morgan fingerprint density at radius 3 is 2.34 bits per heavy atom. The Kier molecular flexibility index (Phi) is 9.04. The Bertz CT molecular complexity index is 1290. The van der Waals surface area contributed by atoms with Gasteiger partial charge in [0.05, 0.1) is 22.5 Å². The standard InChI is InChI=1S/C30H33N3O7S/c34-26-20-11-4-5-12-21(20)27(35)32(26)16-7-6-13-23(30(39)40-17-19-9-2-1-3-10-19)31-22-14-8-15-25-33(28(22)36)24(18-41-25)29(37)38/h1-5,9-12,22-25,31H,6-8,13-18H2,(H,37,38)/t22-,23?,24-,25+/m1/s1. The number of nitrogens with one attached hydrogen (secondary N) is 1. The third-order valence-corrected chi connectivity index (χ3v) is 9.14. The summed E-state index contributed by atoms with van der Waals surface area (Å²) in [5.74, 6) is -2.14. The number of carbonyl (C=O) groups excluding carboxylic acids is 4. The van der Waals surface area contributed by atoms with E-state index in [2.05, 4.69) is 5.32 Å². The molecule has 0 aromatic heterocycles. The summed E-state index contributed by atoms with van der Waals surface area (Å²) in [6.07, 6.45) is 3.18. The summed E-state index contributed by atoms with van der Waals surface area (Å²) in [5, 5.41) is 12.7. The average Bonchev–Trinajstić information content (AvgIpc) is 3.46. The highest BCUT2D eigenvalue weighted by Gasteiger charge is 2.45. The number of rotatable bonds is 11. The van der Waals surface area contributed by atoms with Crippen LogP contribution in [0.25, 0.3) is 0 Å². The minimum Gasteiger partial charge on any atom is -0.480 e. The van der Waals surface area contributed by atoms with Crippen LogP contribution in [0.3, 0.4) is 0 Å². The summed E-state index contributed by atoms with van der Waals surface area (Å²) >= 11 is 1.48. The molecule has 5 rings (SSSR count). The van der Waals surface area contributed by atoms with Gasteiger partial charge >= 0.3 is 11.9 Å². The van der Waals surface area contributed by atoms with Gasteiger partial charge in [-0.05, 0) is 56.2 Å². The first kappa shape index (κ1) is 28.8. The van der Waals surface area contributed by atoms with Gasteiger partial charge in [-0.2, -0.15) is 0 Å². The molecule has 11 heteroatoms. The topological polar surface area (TPSA) is 133 Å². The second kappa shape index (κ2) is 12.9. The van der Waals surface area contributed by atoms with Crippen LogP contribution in [0.1, 0.15) is 64.8 Å². The molecule has 3 amide bonds. The van der Waals surface area contributed by atoms with Crippen LogP contribution in [0, 0.1) is 0 Å². The fourth-order valence-electron chi connectivity index (χ4n) is 5.63. The highest BCUT2D eigenvalue weighted by molar-refractivity contribution is 8.00. The second-order valence-corrected chi connectivity index (χ2v) is 11.7. The molecule has 0 bridgehead atoms. The molecule has 3 aliphatic heterocycles. The molecule has 0 aliphatic carbocycles. The lowest BCUT2D eigenvalue weighted by Gasteiger charge is -2.30. The number of hydrogen-bond donors (Lipinski definition) is 2. The van der Waals surface area contributed by atoms with E-state index in [9.17, 15) is 29.1 Å². The van der Waals surface area contributed by atoms with Crippen molar-refractivity contribution in [2.24, 2.45) is 0 Å². The first-order valence-corrected chi connectivity index (χ1v) is 15.0. The number of fused-ring (bicyclic) bond motifs is 2. The third-order valence-electron chi connectivity index (χ3n) is 7.79. The molecular weight excluding hydrogens is 546 g/mol. The Morgan fingerprint density at radius 2 is 1.66 bits per heavy atom. The van der Waals surface area contributed by atoms with E-state index in [1.54, 1.807) is 24.3 Å². The number of amides is 3. The number of esters is 1. The van der Waals surface area contributed by atoms with Crippen molar-refractivity contribution < 1.29 is 33.8 Å². The van der Waals surface area contributed by atoms with E-state index in [0.717, 1.165) is 12.0 Å². The van der Waals surface area contributed by atoms with Crippen molar-refractivity contribution >= 4 is 41.4 Å². The number of imide groups is 1. The average molecular weight is 580 g/mol. The van der Waals surface area contributed by atoms with E-state index >= 15 is 0 Å². The summed E-state index contributed by atoms with van der Waals surface area (Å²) in [6, 6.07) is 13.6. The molecule has 216 valence electrons. The van der Waals surface area contributed by atoms with Crippen molar-refractivity contribution in [1.82, 2.24) is 15.1 Å². The number of carboxylic acids is 1. The van der Waals surface area contributed by atoms with Crippen molar-refractivity contribution in [3.63, 3.8) is 0 Å². The van der Waals surface area contributed by atoms with Gasteiger partial charge in [-0.25, -0.2) is 4.79 Å². The summed E-state index contributed by atoms with van der Waals surface area (Å²) in [5.41, 5.74) is 1.62. The normalized spacial score (nSPS) is 22.7. The van der Waals surface area contributed by atoms with Crippen LogP contribution in [0.4, 0.5) is 0 Å². The van der Waals surface area contributed by atoms with Gasteiger partial charge < -0.3 is 14.7 Å². The number of hydrogen-bond acceptors (Lipinski definition) is 8. The zero-order valence-corrected chi connectivity index (χ0v) is 23.4. The van der Waals surface area contributed by atoms with Gasteiger partial charge in [-0.3, -0.25) is 29.4 Å². The van der Waals surface area contributed by atoms with Crippen LogP contribution in [-0.4, -0.2) is 80.4 Å². The molecule has 41 heavy (non-hydrogen) atoms. The minimum atomic E-state index is -1.03. The molecule has 0 radical (unpaired) electrons. The Morgan fingerprint density at radius 1 is 0.976 bits per heavy atom. The van der Waals surface area contributed by atoms with Crippen LogP contribution in [-0.2, 0) is 25.7 Å². The van der Waals surface area contributed by atoms with Crippen LogP contribution in [0.15, 0.2) is 54.6 Å². The van der Waals surface area contributed by atoms with E-state index in [4.69, 9.17) is 4.74 Å². The van der Waals surface area contributed by atoms with Crippen molar-refractivity contribution in [1.29, 1.82) is 0 Å². The van der Waals surface area contributed by atoms with E-state index in [1.165, 1.54) is 21.6 Å². The number of unbranched alkanes of at least 4 members (excludes halogenated alkanes) is 1. The number of carbonyl (C=O) groups is 5. The molecular formula is C30H33N3O7S. The summed E-state index contributed by atoms with van der Waals surface area (Å²) in [6.45, 7) is 0.297. The smallest absolute Gasteiger partial charge is 0.327 e. The highest BCUT2D eigenvalue weighted by Crippen LogP contribution is 2.36. The maximum absolute atomic E-state index is 13.5. The summed E-state index contributed by atoms with van der Waals surface area (Å²) < 4.78 is 5.61. The fourth-order valence-corrected chi connectivity index (χ4v) is 7.08. The van der Waals surface area contributed by atoms with E-state index in [0.29, 0.717) is 49.0 Å². The minimum absolute atomic E-state index is 0.0808. The van der Waals surface area contributed by atoms with Crippen molar-refractivity contribution in [3.05, 3.63) is 71.3 Å². The number of nitrogens with zero attached hydrogens (tertiary/aromatic N) is 2. The zero-order chi connectivity index (χ0) is 28.9. The zero-order valence-electron chi connectivity index (χ0n) is 22.6. The van der Waals surface area contributed by atoms with Gasteiger partial charge in [-0.15, -0.1) is 11.8 Å². The molecule has 1 unspecified atom stereocenters. The predicted molar refractivity (Wildman–Crippen MR) is 151 cm³/mol. The lowest BCUT2D eigenvalue weighted by Crippen LogP contribution is -2.55. The SMILES string of the molecule is O=C(OCc1ccccc1)C(CCCCN1C(=O)c2ccccc2C1=O)N[C@@H]1CCC[C@@H]2SC[C@H](C(=O)O)N2C1=O. The van der Waals surface area contributed by atoms with Gasteiger partial charge in [0, 0.05) is 12.3 Å². The molecule has 4 atom stereocenters. The molecule has 3 heterocycles. The molecule has 2 aromatic rings. The third kappa shape index (κ3) is 6.31. The van der Waals surface area contributed by atoms with E-state index < -0.39 is 30.1 Å². The maximum atomic E-state index is 13.5. The van der Waals surface area contributed by atoms with Gasteiger partial charge in [-0.1, -0.05) is 42.5 Å². The molecule has 2 N–H and O–H groups in total. The summed E-state index contributed by atoms with van der Waals surface area (Å²) in [7, 11) is 0. The number of aliphatic carboxylic acids is 1. The number of ether oxygens (including phenoxy) is 1. The lowest BCUT2D eigenvalue weighted by molar-refractivity contribution is -0.151. The van der Waals surface area contributed by atoms with Crippen molar-refractivity contribution in [2.75, 3.05) is 12.3 Å². The molecule has 3 aliphatic rings. The van der Waals surface area contributed by atoms with Gasteiger partial charge in [0.1, 0.15) is 18.7 Å².